The van der Waals surface area contributed by atoms with Crippen LogP contribution in [0.15, 0.2) is 0 Å². The first kappa shape index (κ1) is 16.1. The number of aromatic nitrogens is 4. The number of hydrogen-bond donors (Lipinski definition) is 1. The Morgan fingerprint density at radius 3 is 2.76 bits per heavy atom. The average Bonchev–Trinajstić information content (AvgIpc) is 3.18. The summed E-state index contributed by atoms with van der Waals surface area (Å²) < 4.78 is 14.0. The smallest absolute Gasteiger partial charge is 0.235 e. The molecule has 0 bridgehead atoms. The Morgan fingerprint density at radius 1 is 1.43 bits per heavy atom. The fourth-order valence-electron chi connectivity index (χ4n) is 1.91. The largest absolute Gasteiger partial charge is 0.355 e. The summed E-state index contributed by atoms with van der Waals surface area (Å²) in [6, 6.07) is 0.349. The maximum atomic E-state index is 12.3. The van der Waals surface area contributed by atoms with Gasteiger partial charge in [-0.3, -0.25) is 9.00 Å². The van der Waals surface area contributed by atoms with Gasteiger partial charge in [0, 0.05) is 17.3 Å². The topological polar surface area (TPSA) is 89.8 Å². The Balaban J connectivity index is 1.84. The van der Waals surface area contributed by atoms with E-state index in [0.29, 0.717) is 24.3 Å². The van der Waals surface area contributed by atoms with Gasteiger partial charge in [-0.05, 0) is 42.5 Å². The van der Waals surface area contributed by atoms with Crippen molar-refractivity contribution in [3.8, 4) is 0 Å². The first-order chi connectivity index (χ1) is 9.99. The number of nitrogens with one attached hydrogen (secondary N) is 1. The molecular weight excluding hydrogens is 290 g/mol. The van der Waals surface area contributed by atoms with Crippen molar-refractivity contribution in [2.45, 2.75) is 57.1 Å². The molecular formula is C13H23N5O2S. The van der Waals surface area contributed by atoms with E-state index in [9.17, 15) is 9.00 Å². The Hall–Kier alpha value is -1.31. The van der Waals surface area contributed by atoms with Gasteiger partial charge in [0.05, 0.1) is 11.8 Å². The van der Waals surface area contributed by atoms with E-state index in [4.69, 9.17) is 0 Å². The molecule has 1 saturated carbocycles. The van der Waals surface area contributed by atoms with Gasteiger partial charge in [0.2, 0.25) is 5.91 Å². The molecule has 1 fully saturated rings. The Morgan fingerprint density at radius 2 is 2.14 bits per heavy atom. The van der Waals surface area contributed by atoms with Crippen molar-refractivity contribution in [3.05, 3.63) is 5.82 Å². The molecule has 1 aliphatic rings. The van der Waals surface area contributed by atoms with Gasteiger partial charge in [-0.1, -0.05) is 13.8 Å². The number of nitrogens with zero attached hydrogens (tertiary/aromatic N) is 4. The summed E-state index contributed by atoms with van der Waals surface area (Å²) in [7, 11) is -1.31. The molecule has 1 amide bonds. The van der Waals surface area contributed by atoms with Crippen molar-refractivity contribution < 1.29 is 9.00 Å². The highest BCUT2D eigenvalue weighted by atomic mass is 32.2. The molecule has 2 rings (SSSR count). The second kappa shape index (κ2) is 7.11. The van der Waals surface area contributed by atoms with E-state index < -0.39 is 16.0 Å². The zero-order valence-corrected chi connectivity index (χ0v) is 13.6. The molecule has 0 spiro atoms. The normalized spacial score (nSPS) is 17.7. The molecule has 2 atom stereocenters. The van der Waals surface area contributed by atoms with E-state index in [1.165, 1.54) is 0 Å². The summed E-state index contributed by atoms with van der Waals surface area (Å²) in [6.45, 7) is 6.51. The lowest BCUT2D eigenvalue weighted by Crippen LogP contribution is -2.36. The number of carbonyl (C=O) groups is 1. The van der Waals surface area contributed by atoms with Crippen molar-refractivity contribution in [2.75, 3.05) is 6.54 Å². The van der Waals surface area contributed by atoms with E-state index in [0.717, 1.165) is 19.3 Å². The average molecular weight is 313 g/mol. The van der Waals surface area contributed by atoms with Crippen molar-refractivity contribution in [1.29, 1.82) is 0 Å². The van der Waals surface area contributed by atoms with Crippen LogP contribution in [-0.4, -0.2) is 42.1 Å². The maximum absolute atomic E-state index is 12.3. The summed E-state index contributed by atoms with van der Waals surface area (Å²) in [5, 5.41) is 13.8. The van der Waals surface area contributed by atoms with Gasteiger partial charge >= 0.3 is 0 Å². The van der Waals surface area contributed by atoms with Gasteiger partial charge in [-0.15, -0.1) is 5.10 Å². The minimum atomic E-state index is -1.31. The second-order valence-electron chi connectivity index (χ2n) is 5.91. The lowest BCUT2D eigenvalue weighted by molar-refractivity contribution is -0.120. The minimum Gasteiger partial charge on any atom is -0.355 e. The molecule has 0 aromatic carbocycles. The van der Waals surface area contributed by atoms with Crippen molar-refractivity contribution in [2.24, 2.45) is 5.92 Å². The lowest BCUT2D eigenvalue weighted by atomic mass is 10.1. The van der Waals surface area contributed by atoms with Gasteiger partial charge in [0.15, 0.2) is 5.82 Å². The third kappa shape index (κ3) is 4.59. The van der Waals surface area contributed by atoms with E-state index in [1.807, 2.05) is 0 Å². The van der Waals surface area contributed by atoms with E-state index in [2.05, 4.69) is 34.7 Å². The van der Waals surface area contributed by atoms with Crippen LogP contribution in [0.25, 0.3) is 0 Å². The first-order valence-corrected chi connectivity index (χ1v) is 8.79. The molecule has 1 aliphatic carbocycles. The van der Waals surface area contributed by atoms with E-state index >= 15 is 0 Å². The summed E-state index contributed by atoms with van der Waals surface area (Å²) in [4.78, 5) is 12.0. The number of carbonyl (C=O) groups excluding carboxylic acids is 1. The van der Waals surface area contributed by atoms with Crippen LogP contribution < -0.4 is 5.32 Å². The summed E-state index contributed by atoms with van der Waals surface area (Å²) in [5.74, 6) is 1.20. The van der Waals surface area contributed by atoms with Crippen LogP contribution in [0, 0.1) is 5.92 Å². The van der Waals surface area contributed by atoms with Gasteiger partial charge < -0.3 is 5.32 Å². The number of rotatable bonds is 8. The minimum absolute atomic E-state index is 0.167. The third-order valence-electron chi connectivity index (χ3n) is 3.51. The molecule has 8 heteroatoms. The van der Waals surface area contributed by atoms with Crippen LogP contribution in [-0.2, 0) is 21.3 Å². The number of hydrogen-bond acceptors (Lipinski definition) is 5. The number of tetrazole rings is 1. The van der Waals surface area contributed by atoms with Gasteiger partial charge in [0.1, 0.15) is 5.25 Å². The summed E-state index contributed by atoms with van der Waals surface area (Å²) in [5.41, 5.74) is 0. The Labute approximate surface area is 127 Å². The monoisotopic (exact) mass is 313 g/mol. The fourth-order valence-corrected chi connectivity index (χ4v) is 2.93. The highest BCUT2D eigenvalue weighted by molar-refractivity contribution is 7.85. The molecule has 118 valence electrons. The first-order valence-electron chi connectivity index (χ1n) is 7.40. The van der Waals surface area contributed by atoms with Crippen LogP contribution in [0.2, 0.25) is 0 Å². The van der Waals surface area contributed by atoms with Crippen LogP contribution in [0.1, 0.15) is 51.9 Å². The van der Waals surface area contributed by atoms with E-state index in [1.54, 1.807) is 11.6 Å². The molecule has 0 radical (unpaired) electrons. The van der Waals surface area contributed by atoms with Gasteiger partial charge in [0.25, 0.3) is 0 Å². The Bertz CT molecular complexity index is 512. The van der Waals surface area contributed by atoms with Gasteiger partial charge in [-0.25, -0.2) is 4.68 Å². The van der Waals surface area contributed by atoms with Crippen LogP contribution in [0.3, 0.4) is 0 Å². The summed E-state index contributed by atoms with van der Waals surface area (Å²) >= 11 is 0. The predicted octanol–water partition coefficient (Wildman–Crippen LogP) is 0.807. The zero-order valence-electron chi connectivity index (χ0n) is 12.8. The van der Waals surface area contributed by atoms with Gasteiger partial charge in [-0.2, -0.15) is 0 Å². The standard InChI is InChI=1S/C13H23N5O2S/c1-9(2)6-7-14-13(19)10(3)21(20)8-12-15-16-17-18(12)11-4-5-11/h9-11H,4-8H2,1-3H3,(H,14,19). The molecule has 0 aliphatic heterocycles. The SMILES string of the molecule is CC(C)CCNC(=O)C(C)S(=O)Cc1nnnn1C1CC1. The van der Waals surface area contributed by atoms with Crippen molar-refractivity contribution in [1.82, 2.24) is 25.5 Å². The fraction of sp³-hybridized carbons (Fsp3) is 0.846. The zero-order chi connectivity index (χ0) is 15.4. The van der Waals surface area contributed by atoms with Crippen LogP contribution >= 0.6 is 0 Å². The quantitative estimate of drug-likeness (QED) is 0.767. The molecule has 1 aromatic rings. The van der Waals surface area contributed by atoms with Crippen molar-refractivity contribution >= 4 is 16.7 Å². The highest BCUT2D eigenvalue weighted by Crippen LogP contribution is 2.34. The molecule has 2 unspecified atom stereocenters. The molecule has 1 heterocycles. The van der Waals surface area contributed by atoms with Crippen LogP contribution in [0.5, 0.6) is 0 Å². The molecule has 21 heavy (non-hydrogen) atoms. The van der Waals surface area contributed by atoms with Crippen LogP contribution in [0.4, 0.5) is 0 Å². The molecule has 0 saturated heterocycles. The molecule has 7 nitrogen and oxygen atoms in total. The molecule has 1 N–H and O–H groups in total. The second-order valence-corrected chi connectivity index (χ2v) is 7.67. The maximum Gasteiger partial charge on any atom is 0.235 e. The predicted molar refractivity (Wildman–Crippen MR) is 79.9 cm³/mol. The molecule has 1 aromatic heterocycles. The summed E-state index contributed by atoms with van der Waals surface area (Å²) in [6.07, 6.45) is 3.05. The van der Waals surface area contributed by atoms with E-state index in [-0.39, 0.29) is 11.7 Å². The third-order valence-corrected chi connectivity index (χ3v) is 5.06. The highest BCUT2D eigenvalue weighted by Gasteiger charge is 2.29. The number of amides is 1. The lowest BCUT2D eigenvalue weighted by Gasteiger charge is -2.12. The van der Waals surface area contributed by atoms with Crippen molar-refractivity contribution in [3.63, 3.8) is 0 Å². The Kier molecular flexibility index (Phi) is 5.44.